The van der Waals surface area contributed by atoms with Crippen molar-refractivity contribution in [2.45, 2.75) is 45.2 Å². The fourth-order valence-electron chi connectivity index (χ4n) is 4.18. The molecule has 3 aliphatic heterocycles. The van der Waals surface area contributed by atoms with Gasteiger partial charge in [0.1, 0.15) is 0 Å². The zero-order valence-electron chi connectivity index (χ0n) is 14.3. The Hall–Kier alpha value is -0.160. The third kappa shape index (κ3) is 3.98. The Balaban J connectivity index is 1.35. The third-order valence-corrected chi connectivity index (χ3v) is 5.64. The van der Waals surface area contributed by atoms with Crippen LogP contribution in [-0.2, 0) is 0 Å². The second kappa shape index (κ2) is 6.53. The van der Waals surface area contributed by atoms with E-state index in [4.69, 9.17) is 0 Å². The van der Waals surface area contributed by atoms with Crippen LogP contribution in [0.15, 0.2) is 0 Å². The highest BCUT2D eigenvalue weighted by Crippen LogP contribution is 2.28. The first-order valence-corrected chi connectivity index (χ1v) is 8.94. The van der Waals surface area contributed by atoms with E-state index in [1.807, 2.05) is 0 Å². The van der Waals surface area contributed by atoms with Crippen LogP contribution in [0.25, 0.3) is 0 Å². The lowest BCUT2D eigenvalue weighted by Gasteiger charge is -2.50. The maximum atomic E-state index is 3.44. The monoisotopic (exact) mass is 294 g/mol. The van der Waals surface area contributed by atoms with Crippen molar-refractivity contribution in [3.8, 4) is 0 Å². The zero-order valence-corrected chi connectivity index (χ0v) is 14.3. The van der Waals surface area contributed by atoms with Gasteiger partial charge in [-0.15, -0.1) is 0 Å². The summed E-state index contributed by atoms with van der Waals surface area (Å²) in [5, 5.41) is 3.44. The number of hydrogen-bond donors (Lipinski definition) is 1. The van der Waals surface area contributed by atoms with Gasteiger partial charge in [-0.25, -0.2) is 0 Å². The molecule has 0 spiro atoms. The van der Waals surface area contributed by atoms with Crippen molar-refractivity contribution < 1.29 is 0 Å². The molecule has 4 heteroatoms. The van der Waals surface area contributed by atoms with Gasteiger partial charge < -0.3 is 10.2 Å². The predicted octanol–water partition coefficient (Wildman–Crippen LogP) is 1.09. The van der Waals surface area contributed by atoms with E-state index in [1.54, 1.807) is 0 Å². The molecule has 1 N–H and O–H groups in total. The molecule has 0 aromatic carbocycles. The van der Waals surface area contributed by atoms with Gasteiger partial charge in [-0.2, -0.15) is 0 Å². The fraction of sp³-hybridized carbons (Fsp3) is 1.00. The van der Waals surface area contributed by atoms with E-state index < -0.39 is 0 Å². The van der Waals surface area contributed by atoms with Crippen molar-refractivity contribution in [1.29, 1.82) is 0 Å². The maximum absolute atomic E-state index is 3.44. The lowest BCUT2D eigenvalue weighted by Crippen LogP contribution is -2.59. The van der Waals surface area contributed by atoms with Crippen LogP contribution in [0.2, 0.25) is 0 Å². The number of rotatable bonds is 3. The predicted molar refractivity (Wildman–Crippen MR) is 88.7 cm³/mol. The molecular weight excluding hydrogens is 260 g/mol. The van der Waals surface area contributed by atoms with Crippen molar-refractivity contribution >= 4 is 0 Å². The van der Waals surface area contributed by atoms with Crippen molar-refractivity contribution in [2.75, 3.05) is 58.9 Å². The number of likely N-dealkylation sites (tertiary alicyclic amines) is 2. The van der Waals surface area contributed by atoms with Crippen molar-refractivity contribution in [2.24, 2.45) is 5.92 Å². The Morgan fingerprint density at radius 3 is 2.14 bits per heavy atom. The van der Waals surface area contributed by atoms with E-state index in [0.29, 0.717) is 5.54 Å². The summed E-state index contributed by atoms with van der Waals surface area (Å²) in [6.07, 6.45) is 2.75. The molecule has 122 valence electrons. The minimum Gasteiger partial charge on any atom is -0.314 e. The lowest BCUT2D eigenvalue weighted by molar-refractivity contribution is -0.0101. The smallest absolute Gasteiger partial charge is 0.0125 e. The molecule has 0 saturated carbocycles. The summed E-state index contributed by atoms with van der Waals surface area (Å²) in [4.78, 5) is 8.06. The first-order chi connectivity index (χ1) is 10.0. The molecule has 3 rings (SSSR count). The Morgan fingerprint density at radius 2 is 1.57 bits per heavy atom. The maximum Gasteiger partial charge on any atom is 0.0125 e. The molecule has 0 unspecified atom stereocenters. The molecule has 0 aromatic rings. The Morgan fingerprint density at radius 1 is 0.952 bits per heavy atom. The van der Waals surface area contributed by atoms with Gasteiger partial charge in [0.2, 0.25) is 0 Å². The van der Waals surface area contributed by atoms with E-state index in [2.05, 4.69) is 40.8 Å². The number of nitrogens with zero attached hydrogens (tertiary/aromatic N) is 3. The molecular formula is C17H34N4. The highest BCUT2D eigenvalue weighted by atomic mass is 15.3. The summed E-state index contributed by atoms with van der Waals surface area (Å²) in [5.41, 5.74) is 0.352. The highest BCUT2D eigenvalue weighted by Gasteiger charge is 2.36. The molecule has 0 atom stereocenters. The van der Waals surface area contributed by atoms with Crippen LogP contribution in [0.3, 0.4) is 0 Å². The molecule has 0 radical (unpaired) electrons. The normalized spacial score (nSPS) is 28.7. The Labute approximate surface area is 130 Å². The van der Waals surface area contributed by atoms with Gasteiger partial charge in [0.05, 0.1) is 0 Å². The van der Waals surface area contributed by atoms with Gasteiger partial charge in [0.25, 0.3) is 0 Å². The molecule has 0 amide bonds. The third-order valence-electron chi connectivity index (χ3n) is 5.64. The summed E-state index contributed by atoms with van der Waals surface area (Å²) in [5.74, 6) is 0.934. The molecule has 0 aliphatic carbocycles. The molecule has 0 aromatic heterocycles. The van der Waals surface area contributed by atoms with Crippen LogP contribution in [0, 0.1) is 5.92 Å². The Kier molecular flexibility index (Phi) is 4.89. The minimum atomic E-state index is 0.352. The van der Waals surface area contributed by atoms with Gasteiger partial charge in [0.15, 0.2) is 0 Å². The molecule has 4 nitrogen and oxygen atoms in total. The topological polar surface area (TPSA) is 21.8 Å². The summed E-state index contributed by atoms with van der Waals surface area (Å²) < 4.78 is 0. The van der Waals surface area contributed by atoms with E-state index in [0.717, 1.165) is 12.0 Å². The van der Waals surface area contributed by atoms with Crippen LogP contribution in [-0.4, -0.2) is 85.2 Å². The summed E-state index contributed by atoms with van der Waals surface area (Å²) >= 11 is 0. The van der Waals surface area contributed by atoms with E-state index >= 15 is 0 Å². The number of hydrogen-bond acceptors (Lipinski definition) is 4. The van der Waals surface area contributed by atoms with Crippen molar-refractivity contribution in [3.63, 3.8) is 0 Å². The van der Waals surface area contributed by atoms with Crippen LogP contribution < -0.4 is 5.32 Å². The molecule has 3 fully saturated rings. The van der Waals surface area contributed by atoms with Crippen LogP contribution in [0.4, 0.5) is 0 Å². The first kappa shape index (κ1) is 15.7. The first-order valence-electron chi connectivity index (χ1n) is 8.94. The summed E-state index contributed by atoms with van der Waals surface area (Å²) in [7, 11) is 0. The number of nitrogens with one attached hydrogen (secondary N) is 1. The van der Waals surface area contributed by atoms with E-state index in [-0.39, 0.29) is 0 Å². The standard InChI is InChI=1S/C17H34N4/c1-17(2,3)21-8-4-16(5-9-21)20-13-15(14-20)12-19-10-6-18-7-11-19/h15-16,18H,4-14H2,1-3H3. The van der Waals surface area contributed by atoms with Gasteiger partial charge in [-0.3, -0.25) is 9.80 Å². The quantitative estimate of drug-likeness (QED) is 0.841. The molecule has 21 heavy (non-hydrogen) atoms. The number of piperazine rings is 1. The number of piperidine rings is 1. The summed E-state index contributed by atoms with van der Waals surface area (Å²) in [6, 6.07) is 0.864. The minimum absolute atomic E-state index is 0.352. The average Bonchev–Trinajstić information content (AvgIpc) is 2.43. The van der Waals surface area contributed by atoms with Gasteiger partial charge in [-0.1, -0.05) is 0 Å². The van der Waals surface area contributed by atoms with Crippen LogP contribution in [0.5, 0.6) is 0 Å². The summed E-state index contributed by atoms with van der Waals surface area (Å²) in [6.45, 7) is 18.5. The second-order valence-electron chi connectivity index (χ2n) is 8.26. The van der Waals surface area contributed by atoms with Gasteiger partial charge in [0, 0.05) is 70.5 Å². The lowest BCUT2D eigenvalue weighted by atomic mass is 9.91. The molecule has 3 aliphatic rings. The van der Waals surface area contributed by atoms with Crippen molar-refractivity contribution in [1.82, 2.24) is 20.0 Å². The molecule has 0 bridgehead atoms. The van der Waals surface area contributed by atoms with E-state index in [1.165, 1.54) is 71.7 Å². The fourth-order valence-corrected chi connectivity index (χ4v) is 4.18. The molecule has 3 heterocycles. The zero-order chi connectivity index (χ0) is 14.9. The second-order valence-corrected chi connectivity index (χ2v) is 8.26. The highest BCUT2D eigenvalue weighted by molar-refractivity contribution is 4.92. The van der Waals surface area contributed by atoms with E-state index in [9.17, 15) is 0 Å². The van der Waals surface area contributed by atoms with Gasteiger partial charge >= 0.3 is 0 Å². The van der Waals surface area contributed by atoms with Crippen LogP contribution in [0.1, 0.15) is 33.6 Å². The Bertz CT molecular complexity index is 318. The van der Waals surface area contributed by atoms with Gasteiger partial charge in [-0.05, 0) is 39.5 Å². The van der Waals surface area contributed by atoms with Crippen molar-refractivity contribution in [3.05, 3.63) is 0 Å². The van der Waals surface area contributed by atoms with Crippen LogP contribution >= 0.6 is 0 Å². The largest absolute Gasteiger partial charge is 0.314 e. The molecule has 3 saturated heterocycles. The average molecular weight is 294 g/mol. The SMILES string of the molecule is CC(C)(C)N1CCC(N2CC(CN3CCNCC3)C2)CC1.